The van der Waals surface area contributed by atoms with Gasteiger partial charge in [0.1, 0.15) is 0 Å². The van der Waals surface area contributed by atoms with Gasteiger partial charge < -0.3 is 4.42 Å². The van der Waals surface area contributed by atoms with Crippen molar-refractivity contribution in [2.24, 2.45) is 5.92 Å². The fourth-order valence-corrected chi connectivity index (χ4v) is 5.43. The highest BCUT2D eigenvalue weighted by Crippen LogP contribution is 2.24. The van der Waals surface area contributed by atoms with Gasteiger partial charge >= 0.3 is 0 Å². The zero-order valence-corrected chi connectivity index (χ0v) is 15.8. The summed E-state index contributed by atoms with van der Waals surface area (Å²) < 4.78 is 28.5. The first-order valence-corrected chi connectivity index (χ1v) is 10.9. The van der Waals surface area contributed by atoms with Crippen LogP contribution in [0, 0.1) is 19.8 Å². The average Bonchev–Trinajstić information content (AvgIpc) is 3.13. The minimum absolute atomic E-state index is 0.0211. The largest absolute Gasteiger partial charge is 0.416 e. The molecule has 0 saturated carbocycles. The standard InChI is InChI=1S/C17H20N2O4S2/c1-11-3-4-12(2)14(7-11)15(20)9-24-17-19-18-16(23-17)8-13-5-6-25(21,22)10-13/h3-4,7,13H,5-6,8-10H2,1-2H3. The second kappa shape index (κ2) is 7.29. The molecular weight excluding hydrogens is 360 g/mol. The van der Waals surface area contributed by atoms with Crippen LogP contribution < -0.4 is 0 Å². The van der Waals surface area contributed by atoms with Gasteiger partial charge in [0.2, 0.25) is 5.89 Å². The Bertz CT molecular complexity index is 890. The number of thioether (sulfide) groups is 1. The van der Waals surface area contributed by atoms with Crippen LogP contribution in [0.5, 0.6) is 0 Å². The molecule has 0 amide bonds. The van der Waals surface area contributed by atoms with Gasteiger partial charge in [-0.3, -0.25) is 4.79 Å². The van der Waals surface area contributed by atoms with Gasteiger partial charge in [0.15, 0.2) is 15.6 Å². The molecule has 6 nitrogen and oxygen atoms in total. The van der Waals surface area contributed by atoms with Gasteiger partial charge in [-0.25, -0.2) is 8.42 Å². The Balaban J connectivity index is 1.57. The first-order chi connectivity index (χ1) is 11.8. The first-order valence-electron chi connectivity index (χ1n) is 8.08. The highest BCUT2D eigenvalue weighted by atomic mass is 32.2. The van der Waals surface area contributed by atoms with Gasteiger partial charge in [0.05, 0.1) is 17.3 Å². The van der Waals surface area contributed by atoms with Crippen LogP contribution in [-0.4, -0.2) is 41.7 Å². The van der Waals surface area contributed by atoms with Crippen molar-refractivity contribution in [2.75, 3.05) is 17.3 Å². The molecule has 2 aromatic rings. The van der Waals surface area contributed by atoms with E-state index >= 15 is 0 Å². The number of sulfone groups is 1. The molecule has 25 heavy (non-hydrogen) atoms. The molecule has 2 heterocycles. The van der Waals surface area contributed by atoms with Crippen molar-refractivity contribution in [1.29, 1.82) is 0 Å². The molecule has 0 radical (unpaired) electrons. The second-order valence-electron chi connectivity index (χ2n) is 6.47. The van der Waals surface area contributed by atoms with E-state index in [0.717, 1.165) is 11.1 Å². The Morgan fingerprint density at radius 3 is 2.84 bits per heavy atom. The van der Waals surface area contributed by atoms with Crippen molar-refractivity contribution in [2.45, 2.75) is 31.9 Å². The van der Waals surface area contributed by atoms with Gasteiger partial charge in [-0.1, -0.05) is 29.5 Å². The lowest BCUT2D eigenvalue weighted by atomic mass is 10.0. The summed E-state index contributed by atoms with van der Waals surface area (Å²) in [5.41, 5.74) is 2.71. The molecule has 1 aromatic heterocycles. The van der Waals surface area contributed by atoms with E-state index in [1.54, 1.807) is 0 Å². The van der Waals surface area contributed by atoms with Crippen molar-refractivity contribution in [3.05, 3.63) is 40.8 Å². The number of carbonyl (C=O) groups excluding carboxylic acids is 1. The van der Waals surface area contributed by atoms with Crippen molar-refractivity contribution in [3.8, 4) is 0 Å². The van der Waals surface area contributed by atoms with E-state index in [0.29, 0.717) is 29.5 Å². The number of benzene rings is 1. The normalized spacial score (nSPS) is 19.2. The van der Waals surface area contributed by atoms with Crippen molar-refractivity contribution >= 4 is 27.4 Å². The molecule has 0 bridgehead atoms. The quantitative estimate of drug-likeness (QED) is 0.562. The Morgan fingerprint density at radius 1 is 1.32 bits per heavy atom. The number of rotatable bonds is 6. The molecule has 1 saturated heterocycles. The molecule has 134 valence electrons. The fourth-order valence-electron chi connectivity index (χ4n) is 2.90. The number of hydrogen-bond donors (Lipinski definition) is 0. The third-order valence-electron chi connectivity index (χ3n) is 4.26. The molecule has 0 spiro atoms. The van der Waals surface area contributed by atoms with Gasteiger partial charge in [0, 0.05) is 12.0 Å². The van der Waals surface area contributed by atoms with E-state index in [2.05, 4.69) is 10.2 Å². The summed E-state index contributed by atoms with van der Waals surface area (Å²) in [7, 11) is -2.91. The molecule has 3 rings (SSSR count). The number of ketones is 1. The lowest BCUT2D eigenvalue weighted by Crippen LogP contribution is -2.07. The monoisotopic (exact) mass is 380 g/mol. The van der Waals surface area contributed by atoms with E-state index in [-0.39, 0.29) is 29.0 Å². The minimum atomic E-state index is -2.91. The maximum absolute atomic E-state index is 12.4. The van der Waals surface area contributed by atoms with E-state index in [1.807, 2.05) is 32.0 Å². The molecule has 1 unspecified atom stereocenters. The number of carbonyl (C=O) groups is 1. The van der Waals surface area contributed by atoms with E-state index in [4.69, 9.17) is 4.42 Å². The fraction of sp³-hybridized carbons (Fsp3) is 0.471. The van der Waals surface area contributed by atoms with E-state index < -0.39 is 9.84 Å². The van der Waals surface area contributed by atoms with Crippen molar-refractivity contribution in [3.63, 3.8) is 0 Å². The Kier molecular flexibility index (Phi) is 5.29. The smallest absolute Gasteiger partial charge is 0.277 e. The predicted octanol–water partition coefficient (Wildman–Crippen LogP) is 2.64. The lowest BCUT2D eigenvalue weighted by Gasteiger charge is -2.05. The SMILES string of the molecule is Cc1ccc(C)c(C(=O)CSc2nnc(CC3CCS(=O)(=O)C3)o2)c1. The van der Waals surface area contributed by atoms with Crippen LogP contribution in [0.3, 0.4) is 0 Å². The topological polar surface area (TPSA) is 90.1 Å². The van der Waals surface area contributed by atoms with Crippen LogP contribution in [0.25, 0.3) is 0 Å². The number of aromatic nitrogens is 2. The minimum Gasteiger partial charge on any atom is -0.416 e. The van der Waals surface area contributed by atoms with Crippen LogP contribution in [-0.2, 0) is 16.3 Å². The molecule has 1 aliphatic heterocycles. The summed E-state index contributed by atoms with van der Waals surface area (Å²) >= 11 is 1.21. The molecule has 1 fully saturated rings. The maximum Gasteiger partial charge on any atom is 0.277 e. The number of Topliss-reactive ketones (excluding diaryl/α,β-unsaturated/α-hetero) is 1. The molecule has 1 aliphatic rings. The highest BCUT2D eigenvalue weighted by molar-refractivity contribution is 7.99. The molecule has 1 aromatic carbocycles. The zero-order valence-electron chi connectivity index (χ0n) is 14.2. The lowest BCUT2D eigenvalue weighted by molar-refractivity contribution is 0.102. The molecular formula is C17H20N2O4S2. The Morgan fingerprint density at radius 2 is 2.12 bits per heavy atom. The maximum atomic E-state index is 12.4. The predicted molar refractivity (Wildman–Crippen MR) is 95.7 cm³/mol. The van der Waals surface area contributed by atoms with E-state index in [1.165, 1.54) is 11.8 Å². The van der Waals surface area contributed by atoms with Crippen molar-refractivity contribution in [1.82, 2.24) is 10.2 Å². The third kappa shape index (κ3) is 4.70. The Hall–Kier alpha value is -1.67. The number of hydrogen-bond acceptors (Lipinski definition) is 7. The summed E-state index contributed by atoms with van der Waals surface area (Å²) in [5.74, 6) is 1.14. The Labute approximate surface area is 151 Å². The molecule has 0 aliphatic carbocycles. The average molecular weight is 380 g/mol. The summed E-state index contributed by atoms with van der Waals surface area (Å²) in [4.78, 5) is 12.4. The summed E-state index contributed by atoms with van der Waals surface area (Å²) in [5, 5.41) is 8.25. The van der Waals surface area contributed by atoms with Crippen LogP contribution >= 0.6 is 11.8 Å². The van der Waals surface area contributed by atoms with Gasteiger partial charge in [-0.05, 0) is 37.8 Å². The summed E-state index contributed by atoms with van der Waals surface area (Å²) in [6.07, 6.45) is 1.11. The first kappa shape index (κ1) is 18.1. The van der Waals surface area contributed by atoms with Gasteiger partial charge in [0.25, 0.3) is 5.22 Å². The summed E-state index contributed by atoms with van der Waals surface area (Å²) in [6, 6.07) is 5.80. The third-order valence-corrected chi connectivity index (χ3v) is 6.91. The van der Waals surface area contributed by atoms with Crippen molar-refractivity contribution < 1.29 is 17.6 Å². The highest BCUT2D eigenvalue weighted by Gasteiger charge is 2.29. The van der Waals surface area contributed by atoms with Gasteiger partial charge in [-0.15, -0.1) is 10.2 Å². The summed E-state index contributed by atoms with van der Waals surface area (Å²) in [6.45, 7) is 3.87. The number of aryl methyl sites for hydroxylation is 2. The van der Waals surface area contributed by atoms with Crippen LogP contribution in [0.15, 0.2) is 27.8 Å². The van der Waals surface area contributed by atoms with Crippen LogP contribution in [0.2, 0.25) is 0 Å². The van der Waals surface area contributed by atoms with Crippen LogP contribution in [0.1, 0.15) is 33.8 Å². The number of nitrogens with zero attached hydrogens (tertiary/aromatic N) is 2. The van der Waals surface area contributed by atoms with E-state index in [9.17, 15) is 13.2 Å². The molecule has 8 heteroatoms. The second-order valence-corrected chi connectivity index (χ2v) is 9.62. The molecule has 0 N–H and O–H groups in total. The molecule has 1 atom stereocenters. The zero-order chi connectivity index (χ0) is 18.0. The van der Waals surface area contributed by atoms with Crippen LogP contribution in [0.4, 0.5) is 0 Å². The van der Waals surface area contributed by atoms with Gasteiger partial charge in [-0.2, -0.15) is 0 Å².